The van der Waals surface area contributed by atoms with Gasteiger partial charge in [-0.25, -0.2) is 9.97 Å². The molecule has 1 heterocycles. The minimum absolute atomic E-state index is 0.341. The molecular weight excluding hydrogens is 160 g/mol. The molecule has 1 aromatic rings. The van der Waals surface area contributed by atoms with E-state index in [2.05, 4.69) is 9.97 Å². The second kappa shape index (κ2) is 3.18. The largest absolute Gasteiger partial charge is 0.241 e. The van der Waals surface area contributed by atoms with E-state index in [1.54, 1.807) is 6.20 Å². The van der Waals surface area contributed by atoms with Crippen LogP contribution < -0.4 is 0 Å². The van der Waals surface area contributed by atoms with E-state index < -0.39 is 0 Å². The molecule has 3 heteroatoms. The van der Waals surface area contributed by atoms with Gasteiger partial charge in [0, 0.05) is 17.7 Å². The molecule has 0 aliphatic heterocycles. The van der Waals surface area contributed by atoms with Crippen molar-refractivity contribution in [2.75, 3.05) is 0 Å². The second-order valence-corrected chi connectivity index (χ2v) is 3.21. The van der Waals surface area contributed by atoms with Gasteiger partial charge in [-0.3, -0.25) is 0 Å². The van der Waals surface area contributed by atoms with Crippen molar-refractivity contribution in [3.63, 3.8) is 0 Å². The fourth-order valence-electron chi connectivity index (χ4n) is 0.712. The third kappa shape index (κ3) is 1.90. The summed E-state index contributed by atoms with van der Waals surface area (Å²) in [4.78, 5) is 8.27. The topological polar surface area (TPSA) is 25.8 Å². The maximum Gasteiger partial charge on any atom is 0.135 e. The van der Waals surface area contributed by atoms with Crippen LogP contribution in [0.25, 0.3) is 0 Å². The van der Waals surface area contributed by atoms with Crippen molar-refractivity contribution in [2.24, 2.45) is 0 Å². The zero-order valence-corrected chi connectivity index (χ0v) is 7.68. The van der Waals surface area contributed by atoms with Crippen molar-refractivity contribution in [3.8, 4) is 0 Å². The molecule has 0 spiro atoms. The lowest BCUT2D eigenvalue weighted by Gasteiger charge is -2.03. The van der Waals surface area contributed by atoms with E-state index in [1.165, 1.54) is 0 Å². The van der Waals surface area contributed by atoms with Gasteiger partial charge >= 0.3 is 0 Å². The lowest BCUT2D eigenvalue weighted by atomic mass is 10.2. The van der Waals surface area contributed by atoms with Gasteiger partial charge in [-0.05, 0) is 6.92 Å². The predicted octanol–water partition coefficient (Wildman–Crippen LogP) is 2.56. The van der Waals surface area contributed by atoms with Gasteiger partial charge in [-0.1, -0.05) is 25.4 Å². The van der Waals surface area contributed by atoms with Crippen LogP contribution in [0.3, 0.4) is 0 Å². The summed E-state index contributed by atoms with van der Waals surface area (Å²) in [5.41, 5.74) is 0.927. The monoisotopic (exact) mass is 170 g/mol. The number of rotatable bonds is 1. The molecule has 0 N–H and O–H groups in total. The minimum atomic E-state index is 0.341. The summed E-state index contributed by atoms with van der Waals surface area (Å²) in [7, 11) is 0. The first-order chi connectivity index (χ1) is 5.11. The number of aryl methyl sites for hydroxylation is 1. The Balaban J connectivity index is 3.05. The first-order valence-electron chi connectivity index (χ1n) is 3.60. The van der Waals surface area contributed by atoms with Crippen LogP contribution in [-0.2, 0) is 0 Å². The summed E-state index contributed by atoms with van der Waals surface area (Å²) in [6, 6.07) is 0. The SMILES string of the molecule is Cc1cnc(C(C)C)nc1Cl. The first-order valence-corrected chi connectivity index (χ1v) is 3.98. The Hall–Kier alpha value is -0.630. The molecular formula is C8H11ClN2. The average molecular weight is 171 g/mol. The number of nitrogens with zero attached hydrogens (tertiary/aromatic N) is 2. The van der Waals surface area contributed by atoms with Crippen LogP contribution in [0.5, 0.6) is 0 Å². The first kappa shape index (κ1) is 8.47. The van der Waals surface area contributed by atoms with Crippen molar-refractivity contribution in [3.05, 3.63) is 22.7 Å². The highest BCUT2D eigenvalue weighted by Gasteiger charge is 2.04. The Morgan fingerprint density at radius 2 is 2.09 bits per heavy atom. The Bertz CT molecular complexity index is 258. The molecule has 0 saturated heterocycles. The average Bonchev–Trinajstić information content (AvgIpc) is 1.94. The lowest BCUT2D eigenvalue weighted by molar-refractivity contribution is 0.771. The van der Waals surface area contributed by atoms with Crippen LogP contribution in [0.2, 0.25) is 5.15 Å². The Labute approximate surface area is 71.6 Å². The fraction of sp³-hybridized carbons (Fsp3) is 0.500. The summed E-state index contributed by atoms with van der Waals surface area (Å²) in [5.74, 6) is 1.15. The highest BCUT2D eigenvalue weighted by Crippen LogP contribution is 2.14. The molecule has 60 valence electrons. The summed E-state index contributed by atoms with van der Waals surface area (Å²) in [6.45, 7) is 5.98. The standard InChI is InChI=1S/C8H11ClN2/c1-5(2)8-10-4-6(3)7(9)11-8/h4-5H,1-3H3. The molecule has 0 unspecified atom stereocenters. The van der Waals surface area contributed by atoms with Crippen molar-refractivity contribution in [1.82, 2.24) is 9.97 Å². The molecule has 1 rings (SSSR count). The van der Waals surface area contributed by atoms with E-state index in [1.807, 2.05) is 20.8 Å². The van der Waals surface area contributed by atoms with Crippen LogP contribution >= 0.6 is 11.6 Å². The highest BCUT2D eigenvalue weighted by molar-refractivity contribution is 6.30. The zero-order valence-electron chi connectivity index (χ0n) is 6.93. The molecule has 0 bridgehead atoms. The van der Waals surface area contributed by atoms with Crippen molar-refractivity contribution >= 4 is 11.6 Å². The molecule has 0 amide bonds. The zero-order chi connectivity index (χ0) is 8.43. The van der Waals surface area contributed by atoms with Gasteiger partial charge in [0.25, 0.3) is 0 Å². The minimum Gasteiger partial charge on any atom is -0.241 e. The van der Waals surface area contributed by atoms with Crippen LogP contribution in [0.1, 0.15) is 31.2 Å². The lowest BCUT2D eigenvalue weighted by Crippen LogP contribution is -1.97. The highest BCUT2D eigenvalue weighted by atomic mass is 35.5. The third-order valence-electron chi connectivity index (χ3n) is 1.44. The Morgan fingerprint density at radius 3 is 2.55 bits per heavy atom. The Kier molecular flexibility index (Phi) is 2.45. The summed E-state index contributed by atoms with van der Waals surface area (Å²) < 4.78 is 0. The van der Waals surface area contributed by atoms with E-state index in [0.717, 1.165) is 11.4 Å². The number of hydrogen-bond donors (Lipinski definition) is 0. The Morgan fingerprint density at radius 1 is 1.45 bits per heavy atom. The maximum absolute atomic E-state index is 5.81. The van der Waals surface area contributed by atoms with Crippen LogP contribution in [0.4, 0.5) is 0 Å². The molecule has 0 aliphatic carbocycles. The fourth-order valence-corrected chi connectivity index (χ4v) is 0.847. The van der Waals surface area contributed by atoms with Gasteiger partial charge in [0.05, 0.1) is 0 Å². The van der Waals surface area contributed by atoms with Gasteiger partial charge in [0.2, 0.25) is 0 Å². The van der Waals surface area contributed by atoms with E-state index in [4.69, 9.17) is 11.6 Å². The van der Waals surface area contributed by atoms with Gasteiger partial charge < -0.3 is 0 Å². The van der Waals surface area contributed by atoms with Gasteiger partial charge in [0.1, 0.15) is 11.0 Å². The molecule has 2 nitrogen and oxygen atoms in total. The van der Waals surface area contributed by atoms with E-state index in [0.29, 0.717) is 11.1 Å². The number of aromatic nitrogens is 2. The summed E-state index contributed by atoms with van der Waals surface area (Å²) in [5, 5.41) is 0.559. The number of hydrogen-bond acceptors (Lipinski definition) is 2. The van der Waals surface area contributed by atoms with Crippen LogP contribution in [0.15, 0.2) is 6.20 Å². The molecule has 0 aliphatic rings. The second-order valence-electron chi connectivity index (χ2n) is 2.86. The third-order valence-corrected chi connectivity index (χ3v) is 1.83. The van der Waals surface area contributed by atoms with Gasteiger partial charge in [-0.15, -0.1) is 0 Å². The van der Waals surface area contributed by atoms with Crippen molar-refractivity contribution < 1.29 is 0 Å². The maximum atomic E-state index is 5.81. The summed E-state index contributed by atoms with van der Waals surface area (Å²) >= 11 is 5.81. The molecule has 0 saturated carbocycles. The van der Waals surface area contributed by atoms with Gasteiger partial charge in [0.15, 0.2) is 0 Å². The molecule has 0 radical (unpaired) electrons. The summed E-state index contributed by atoms with van der Waals surface area (Å²) in [6.07, 6.45) is 1.75. The van der Waals surface area contributed by atoms with E-state index in [9.17, 15) is 0 Å². The van der Waals surface area contributed by atoms with Crippen LogP contribution in [-0.4, -0.2) is 9.97 Å². The predicted molar refractivity (Wildman–Crippen MR) is 45.9 cm³/mol. The molecule has 0 fully saturated rings. The quantitative estimate of drug-likeness (QED) is 0.606. The van der Waals surface area contributed by atoms with E-state index >= 15 is 0 Å². The molecule has 11 heavy (non-hydrogen) atoms. The van der Waals surface area contributed by atoms with Crippen LogP contribution in [0, 0.1) is 6.92 Å². The van der Waals surface area contributed by atoms with Gasteiger partial charge in [-0.2, -0.15) is 0 Å². The normalized spacial score (nSPS) is 10.6. The van der Waals surface area contributed by atoms with E-state index in [-0.39, 0.29) is 0 Å². The smallest absolute Gasteiger partial charge is 0.135 e. The number of halogens is 1. The van der Waals surface area contributed by atoms with Crippen molar-refractivity contribution in [1.29, 1.82) is 0 Å². The molecule has 0 aromatic carbocycles. The molecule has 0 atom stereocenters. The molecule has 1 aromatic heterocycles. The van der Waals surface area contributed by atoms with Crippen molar-refractivity contribution in [2.45, 2.75) is 26.7 Å².